The van der Waals surface area contributed by atoms with Crippen LogP contribution in [0.25, 0.3) is 0 Å². The zero-order valence-corrected chi connectivity index (χ0v) is 19.6. The number of carbonyl (C=O) groups excluding carboxylic acids is 4. The van der Waals surface area contributed by atoms with Crippen molar-refractivity contribution in [3.8, 4) is 5.75 Å². The SMILES string of the molecule is CCC(C)C(NC(=O)C(CO)NC(=O)C(CC(N)=O)NC(=O)C(N)Cc1ccc(O)cc1)C(=O)O. The van der Waals surface area contributed by atoms with Crippen LogP contribution in [0, 0.1) is 5.92 Å². The highest BCUT2D eigenvalue weighted by atomic mass is 16.4. The van der Waals surface area contributed by atoms with Gasteiger partial charge in [-0.2, -0.15) is 0 Å². The zero-order valence-electron chi connectivity index (χ0n) is 19.6. The fraction of sp³-hybridized carbons (Fsp3) is 0.500. The lowest BCUT2D eigenvalue weighted by molar-refractivity contribution is -0.144. The number of phenolic OH excluding ortho intramolecular Hbond substituents is 1. The second kappa shape index (κ2) is 13.9. The molecule has 0 aromatic heterocycles. The van der Waals surface area contributed by atoms with Gasteiger partial charge in [0, 0.05) is 0 Å². The van der Waals surface area contributed by atoms with Crippen molar-refractivity contribution in [2.75, 3.05) is 6.61 Å². The van der Waals surface area contributed by atoms with Crippen molar-refractivity contribution in [1.82, 2.24) is 16.0 Å². The number of aromatic hydroxyl groups is 1. The summed E-state index contributed by atoms with van der Waals surface area (Å²) in [5, 5.41) is 35.0. The number of nitrogens with one attached hydrogen (secondary N) is 3. The first-order chi connectivity index (χ1) is 16.4. The largest absolute Gasteiger partial charge is 0.508 e. The first-order valence-corrected chi connectivity index (χ1v) is 11.0. The van der Waals surface area contributed by atoms with Gasteiger partial charge in [-0.3, -0.25) is 19.2 Å². The average molecular weight is 496 g/mol. The minimum atomic E-state index is -1.55. The lowest BCUT2D eigenvalue weighted by Crippen LogP contribution is -2.59. The van der Waals surface area contributed by atoms with Crippen LogP contribution < -0.4 is 27.4 Å². The van der Waals surface area contributed by atoms with Crippen molar-refractivity contribution in [2.45, 2.75) is 57.3 Å². The Morgan fingerprint density at radius 2 is 1.49 bits per heavy atom. The summed E-state index contributed by atoms with van der Waals surface area (Å²) in [6.07, 6.45) is -0.108. The molecule has 10 N–H and O–H groups in total. The van der Waals surface area contributed by atoms with Crippen LogP contribution in [0.3, 0.4) is 0 Å². The summed E-state index contributed by atoms with van der Waals surface area (Å²) in [6, 6.07) is 0.529. The summed E-state index contributed by atoms with van der Waals surface area (Å²) >= 11 is 0. The van der Waals surface area contributed by atoms with Crippen LogP contribution >= 0.6 is 0 Å². The molecule has 5 atom stereocenters. The number of nitrogens with two attached hydrogens (primary N) is 2. The van der Waals surface area contributed by atoms with Crippen molar-refractivity contribution in [3.05, 3.63) is 29.8 Å². The summed E-state index contributed by atoms with van der Waals surface area (Å²) in [4.78, 5) is 60.6. The maximum absolute atomic E-state index is 12.7. The number of aliphatic hydroxyl groups is 1. The van der Waals surface area contributed by atoms with E-state index in [0.717, 1.165) is 0 Å². The Morgan fingerprint density at radius 1 is 0.943 bits per heavy atom. The van der Waals surface area contributed by atoms with Crippen LogP contribution in [0.15, 0.2) is 24.3 Å². The van der Waals surface area contributed by atoms with Crippen molar-refractivity contribution in [3.63, 3.8) is 0 Å². The number of amides is 4. The molecule has 1 aromatic rings. The Bertz CT molecular complexity index is 908. The van der Waals surface area contributed by atoms with Gasteiger partial charge in [-0.05, 0) is 30.0 Å². The minimum Gasteiger partial charge on any atom is -0.508 e. The molecule has 0 radical (unpaired) electrons. The minimum absolute atomic E-state index is 0.0336. The molecule has 0 bridgehead atoms. The molecule has 0 aliphatic rings. The van der Waals surface area contributed by atoms with Crippen LogP contribution in [-0.2, 0) is 30.4 Å². The molecule has 0 heterocycles. The maximum Gasteiger partial charge on any atom is 0.326 e. The third-order valence-electron chi connectivity index (χ3n) is 5.36. The first-order valence-electron chi connectivity index (χ1n) is 11.0. The number of hydrogen-bond acceptors (Lipinski definition) is 8. The number of hydrogen-bond donors (Lipinski definition) is 8. The van der Waals surface area contributed by atoms with Crippen LogP contribution in [0.1, 0.15) is 32.3 Å². The Morgan fingerprint density at radius 3 is 1.97 bits per heavy atom. The molecule has 0 spiro atoms. The zero-order chi connectivity index (χ0) is 26.7. The van der Waals surface area contributed by atoms with Crippen LogP contribution in [0.2, 0.25) is 0 Å². The molecule has 0 fully saturated rings. The predicted octanol–water partition coefficient (Wildman–Crippen LogP) is -2.29. The number of aliphatic carboxylic acids is 1. The van der Waals surface area contributed by atoms with Gasteiger partial charge < -0.3 is 42.7 Å². The van der Waals surface area contributed by atoms with Crippen molar-refractivity contribution in [1.29, 1.82) is 0 Å². The van der Waals surface area contributed by atoms with Gasteiger partial charge in [-0.15, -0.1) is 0 Å². The molecule has 1 aromatic carbocycles. The van der Waals surface area contributed by atoms with Crippen LogP contribution in [0.5, 0.6) is 5.75 Å². The van der Waals surface area contributed by atoms with Crippen LogP contribution in [-0.4, -0.2) is 75.7 Å². The molecular formula is C22H33N5O8. The third-order valence-corrected chi connectivity index (χ3v) is 5.36. The molecular weight excluding hydrogens is 462 g/mol. The van der Waals surface area contributed by atoms with E-state index in [9.17, 15) is 39.3 Å². The molecule has 4 amide bonds. The van der Waals surface area contributed by atoms with E-state index in [4.69, 9.17) is 11.5 Å². The summed E-state index contributed by atoms with van der Waals surface area (Å²) in [5.41, 5.74) is 11.7. The first kappa shape index (κ1) is 29.3. The summed E-state index contributed by atoms with van der Waals surface area (Å²) in [6.45, 7) is 2.48. The highest BCUT2D eigenvalue weighted by Crippen LogP contribution is 2.11. The van der Waals surface area contributed by atoms with E-state index in [1.54, 1.807) is 26.0 Å². The number of phenols is 1. The fourth-order valence-electron chi connectivity index (χ4n) is 3.07. The topological polar surface area (TPSA) is 234 Å². The molecule has 5 unspecified atom stereocenters. The van der Waals surface area contributed by atoms with Gasteiger partial charge in [-0.25, -0.2) is 4.79 Å². The van der Waals surface area contributed by atoms with E-state index >= 15 is 0 Å². The van der Waals surface area contributed by atoms with E-state index in [2.05, 4.69) is 16.0 Å². The lowest BCUT2D eigenvalue weighted by Gasteiger charge is -2.25. The summed E-state index contributed by atoms with van der Waals surface area (Å²) < 4.78 is 0. The molecule has 13 heteroatoms. The Hall–Kier alpha value is -3.71. The van der Waals surface area contributed by atoms with Gasteiger partial charge in [-0.1, -0.05) is 32.4 Å². The number of carboxylic acids is 1. The van der Waals surface area contributed by atoms with E-state index < -0.39 is 72.7 Å². The Balaban J connectivity index is 2.88. The van der Waals surface area contributed by atoms with E-state index in [1.165, 1.54) is 12.1 Å². The average Bonchev–Trinajstić information content (AvgIpc) is 2.80. The molecule has 35 heavy (non-hydrogen) atoms. The second-order valence-corrected chi connectivity index (χ2v) is 8.16. The van der Waals surface area contributed by atoms with Gasteiger partial charge in [0.2, 0.25) is 23.6 Å². The smallest absolute Gasteiger partial charge is 0.326 e. The molecule has 0 saturated carbocycles. The lowest BCUT2D eigenvalue weighted by atomic mass is 9.99. The van der Waals surface area contributed by atoms with E-state index in [0.29, 0.717) is 12.0 Å². The molecule has 1 rings (SSSR count). The van der Waals surface area contributed by atoms with Gasteiger partial charge in [0.1, 0.15) is 23.9 Å². The highest BCUT2D eigenvalue weighted by Gasteiger charge is 2.32. The Labute approximate surface area is 202 Å². The van der Waals surface area contributed by atoms with Crippen LogP contribution in [0.4, 0.5) is 0 Å². The molecule has 194 valence electrons. The standard InChI is InChI=1S/C22H33N5O8/c1-3-11(2)18(22(34)35)27-21(33)16(10-28)26-20(32)15(9-17(24)30)25-19(31)14(23)8-12-4-6-13(29)7-5-12/h4-7,11,14-16,18,28-29H,3,8-10,23H2,1-2H3,(H2,24,30)(H,25,31)(H,26,32)(H,27,33)(H,34,35). The number of primary amides is 1. The number of rotatable bonds is 14. The second-order valence-electron chi connectivity index (χ2n) is 8.16. The fourth-order valence-corrected chi connectivity index (χ4v) is 3.07. The van der Waals surface area contributed by atoms with Gasteiger partial charge >= 0.3 is 5.97 Å². The number of benzene rings is 1. The third kappa shape index (κ3) is 9.59. The summed E-state index contributed by atoms with van der Waals surface area (Å²) in [7, 11) is 0. The van der Waals surface area contributed by atoms with Gasteiger partial charge in [0.05, 0.1) is 19.1 Å². The van der Waals surface area contributed by atoms with E-state index in [1.807, 2.05) is 0 Å². The Kier molecular flexibility index (Phi) is 11.6. The monoisotopic (exact) mass is 495 g/mol. The molecule has 0 aliphatic carbocycles. The van der Waals surface area contributed by atoms with Crippen molar-refractivity contribution < 1.29 is 39.3 Å². The van der Waals surface area contributed by atoms with Crippen molar-refractivity contribution >= 4 is 29.6 Å². The molecule has 0 aliphatic heterocycles. The predicted molar refractivity (Wildman–Crippen MR) is 124 cm³/mol. The number of carboxylic acid groups (broad SMARTS) is 1. The number of carbonyl (C=O) groups is 5. The highest BCUT2D eigenvalue weighted by molar-refractivity contribution is 5.96. The maximum atomic E-state index is 12.7. The molecule has 0 saturated heterocycles. The van der Waals surface area contributed by atoms with Gasteiger partial charge in [0.15, 0.2) is 0 Å². The van der Waals surface area contributed by atoms with E-state index in [-0.39, 0.29) is 12.2 Å². The quantitative estimate of drug-likeness (QED) is 0.138. The summed E-state index contributed by atoms with van der Waals surface area (Å²) in [5.74, 6) is -5.34. The van der Waals surface area contributed by atoms with Crippen molar-refractivity contribution in [2.24, 2.45) is 17.4 Å². The normalized spacial score (nSPS) is 15.1. The molecule has 13 nitrogen and oxygen atoms in total. The number of aliphatic hydroxyl groups excluding tert-OH is 1. The van der Waals surface area contributed by atoms with Gasteiger partial charge in [0.25, 0.3) is 0 Å².